The molecule has 2 aromatic carbocycles. The number of amides is 1. The molecule has 0 atom stereocenters. The van der Waals surface area contributed by atoms with E-state index < -0.39 is 27.9 Å². The average Bonchev–Trinajstić information content (AvgIpc) is 2.76. The molecule has 2 aromatic rings. The normalized spacial score (nSPS) is 10.9. The molecule has 1 amide bonds. The van der Waals surface area contributed by atoms with Gasteiger partial charge < -0.3 is 14.8 Å². The number of nitrogens with one attached hydrogen (secondary N) is 1. The van der Waals surface area contributed by atoms with E-state index in [0.717, 1.165) is 17.4 Å². The number of carbonyl (C=O) groups excluding carboxylic acids is 3. The number of hydrogen-bond donors (Lipinski definition) is 1. The fourth-order valence-corrected chi connectivity index (χ4v) is 4.25. The molecule has 0 aliphatic rings. The maximum Gasteiger partial charge on any atom is 0.337 e. The SMILES string of the molecule is COC(=O)c1cc(NC(=O)CCCN(c2cc(C)ccc2C)S(C)(=O)=O)cc(C(=O)OC)c1. The molecule has 10 heteroatoms. The highest BCUT2D eigenvalue weighted by Gasteiger charge is 2.20. The first-order valence-electron chi connectivity index (χ1n) is 10.1. The van der Waals surface area contributed by atoms with E-state index >= 15 is 0 Å². The number of sulfonamides is 1. The number of rotatable bonds is 9. The van der Waals surface area contributed by atoms with Crippen LogP contribution in [-0.4, -0.2) is 53.3 Å². The van der Waals surface area contributed by atoms with Gasteiger partial charge in [0.1, 0.15) is 0 Å². The van der Waals surface area contributed by atoms with Crippen LogP contribution in [0.3, 0.4) is 0 Å². The molecular formula is C23H28N2O7S. The van der Waals surface area contributed by atoms with Crippen LogP contribution in [0, 0.1) is 13.8 Å². The predicted molar refractivity (Wildman–Crippen MR) is 125 cm³/mol. The van der Waals surface area contributed by atoms with Crippen molar-refractivity contribution in [3.05, 3.63) is 58.7 Å². The van der Waals surface area contributed by atoms with Crippen LogP contribution in [0.1, 0.15) is 44.7 Å². The van der Waals surface area contributed by atoms with Gasteiger partial charge in [-0.1, -0.05) is 12.1 Å². The van der Waals surface area contributed by atoms with Gasteiger partial charge in [-0.3, -0.25) is 9.10 Å². The molecule has 0 fully saturated rings. The molecule has 0 saturated carbocycles. The monoisotopic (exact) mass is 476 g/mol. The number of anilines is 2. The molecular weight excluding hydrogens is 448 g/mol. The van der Waals surface area contributed by atoms with Crippen LogP contribution < -0.4 is 9.62 Å². The first-order valence-corrected chi connectivity index (χ1v) is 12.0. The van der Waals surface area contributed by atoms with E-state index in [0.29, 0.717) is 5.69 Å². The first kappa shape index (κ1) is 25.9. The molecule has 1 N–H and O–H groups in total. The lowest BCUT2D eigenvalue weighted by Gasteiger charge is -2.24. The van der Waals surface area contributed by atoms with Crippen LogP contribution in [0.5, 0.6) is 0 Å². The number of esters is 2. The zero-order valence-electron chi connectivity index (χ0n) is 19.3. The van der Waals surface area contributed by atoms with Gasteiger partial charge in [-0.2, -0.15) is 0 Å². The Balaban J connectivity index is 2.13. The lowest BCUT2D eigenvalue weighted by atomic mass is 10.1. The Labute approximate surface area is 193 Å². The summed E-state index contributed by atoms with van der Waals surface area (Å²) in [5.41, 5.74) is 2.69. The number of ether oxygens (including phenoxy) is 2. The van der Waals surface area contributed by atoms with Crippen LogP contribution in [-0.2, 0) is 24.3 Å². The molecule has 2 rings (SSSR count). The van der Waals surface area contributed by atoms with E-state index in [1.807, 2.05) is 26.0 Å². The van der Waals surface area contributed by atoms with Gasteiger partial charge in [0.05, 0.1) is 37.3 Å². The molecule has 0 bridgehead atoms. The summed E-state index contributed by atoms with van der Waals surface area (Å²) in [5, 5.41) is 2.63. The molecule has 9 nitrogen and oxygen atoms in total. The van der Waals surface area contributed by atoms with Crippen molar-refractivity contribution in [2.75, 3.05) is 36.6 Å². The lowest BCUT2D eigenvalue weighted by Crippen LogP contribution is -2.32. The van der Waals surface area contributed by atoms with Gasteiger partial charge in [-0.05, 0) is 55.7 Å². The highest BCUT2D eigenvalue weighted by Crippen LogP contribution is 2.24. The van der Waals surface area contributed by atoms with Crippen LogP contribution in [0.25, 0.3) is 0 Å². The van der Waals surface area contributed by atoms with E-state index in [9.17, 15) is 22.8 Å². The standard InChI is InChI=1S/C23H28N2O7S/c1-15-8-9-16(2)20(11-15)25(33(5,29)30)10-6-7-21(26)24-19-13-17(22(27)31-3)12-18(14-19)23(28)32-4/h8-9,11-14H,6-7,10H2,1-5H3,(H,24,26). The smallest absolute Gasteiger partial charge is 0.337 e. The fraction of sp³-hybridized carbons (Fsp3) is 0.348. The summed E-state index contributed by atoms with van der Waals surface area (Å²) < 4.78 is 35.4. The maximum absolute atomic E-state index is 12.5. The predicted octanol–water partition coefficient (Wildman–Crippen LogP) is 3.06. The van der Waals surface area contributed by atoms with Gasteiger partial charge in [0.15, 0.2) is 0 Å². The molecule has 0 heterocycles. The summed E-state index contributed by atoms with van der Waals surface area (Å²) >= 11 is 0. The van der Waals surface area contributed by atoms with E-state index in [2.05, 4.69) is 14.8 Å². The fourth-order valence-electron chi connectivity index (χ4n) is 3.23. The minimum atomic E-state index is -3.55. The highest BCUT2D eigenvalue weighted by molar-refractivity contribution is 7.92. The van der Waals surface area contributed by atoms with E-state index in [1.165, 1.54) is 36.7 Å². The number of hydrogen-bond acceptors (Lipinski definition) is 7. The molecule has 0 saturated heterocycles. The molecule has 0 aliphatic heterocycles. The third-order valence-corrected chi connectivity index (χ3v) is 6.04. The van der Waals surface area contributed by atoms with Gasteiger partial charge in [0, 0.05) is 18.7 Å². The van der Waals surface area contributed by atoms with Gasteiger partial charge in [-0.25, -0.2) is 18.0 Å². The average molecular weight is 477 g/mol. The van der Waals surface area contributed by atoms with Crippen LogP contribution >= 0.6 is 0 Å². The largest absolute Gasteiger partial charge is 0.465 e. The van der Waals surface area contributed by atoms with Crippen LogP contribution in [0.15, 0.2) is 36.4 Å². The van der Waals surface area contributed by atoms with Crippen LogP contribution in [0.2, 0.25) is 0 Å². The second kappa shape index (κ2) is 11.0. The van der Waals surface area contributed by atoms with E-state index in [-0.39, 0.29) is 36.2 Å². The maximum atomic E-state index is 12.5. The zero-order chi connectivity index (χ0) is 24.8. The summed E-state index contributed by atoms with van der Waals surface area (Å²) in [7, 11) is -1.14. The second-order valence-electron chi connectivity index (χ2n) is 7.56. The minimum Gasteiger partial charge on any atom is -0.465 e. The van der Waals surface area contributed by atoms with Crippen molar-refractivity contribution in [3.8, 4) is 0 Å². The molecule has 0 aromatic heterocycles. The number of aryl methyl sites for hydroxylation is 2. The molecule has 33 heavy (non-hydrogen) atoms. The Morgan fingerprint density at radius 2 is 1.52 bits per heavy atom. The topological polar surface area (TPSA) is 119 Å². The van der Waals surface area contributed by atoms with Crippen molar-refractivity contribution in [2.24, 2.45) is 0 Å². The van der Waals surface area contributed by atoms with Gasteiger partial charge in [-0.15, -0.1) is 0 Å². The first-order chi connectivity index (χ1) is 15.5. The third-order valence-electron chi connectivity index (χ3n) is 4.86. The third kappa shape index (κ3) is 7.04. The quantitative estimate of drug-likeness (QED) is 0.553. The van der Waals surface area contributed by atoms with Gasteiger partial charge >= 0.3 is 11.9 Å². The molecule has 0 unspecified atom stereocenters. The van der Waals surface area contributed by atoms with Crippen molar-refractivity contribution >= 4 is 39.2 Å². The van der Waals surface area contributed by atoms with Crippen molar-refractivity contribution in [1.82, 2.24) is 0 Å². The van der Waals surface area contributed by atoms with Gasteiger partial charge in [0.2, 0.25) is 15.9 Å². The molecule has 0 radical (unpaired) electrons. The summed E-state index contributed by atoms with van der Waals surface area (Å²) in [6.07, 6.45) is 1.40. The number of carbonyl (C=O) groups is 3. The van der Waals surface area contributed by atoms with Crippen molar-refractivity contribution in [3.63, 3.8) is 0 Å². The molecule has 0 aliphatic carbocycles. The number of benzene rings is 2. The van der Waals surface area contributed by atoms with Crippen molar-refractivity contribution in [2.45, 2.75) is 26.7 Å². The molecule has 178 valence electrons. The Kier molecular flexibility index (Phi) is 8.58. The molecule has 0 spiro atoms. The van der Waals surface area contributed by atoms with Crippen LogP contribution in [0.4, 0.5) is 11.4 Å². The Bertz CT molecular complexity index is 1130. The minimum absolute atomic E-state index is 0.0207. The Morgan fingerprint density at radius 3 is 2.03 bits per heavy atom. The highest BCUT2D eigenvalue weighted by atomic mass is 32.2. The second-order valence-corrected chi connectivity index (χ2v) is 9.47. The Morgan fingerprint density at radius 1 is 0.939 bits per heavy atom. The number of methoxy groups -OCH3 is 2. The summed E-state index contributed by atoms with van der Waals surface area (Å²) in [6.45, 7) is 3.82. The van der Waals surface area contributed by atoms with E-state index in [1.54, 1.807) is 6.07 Å². The number of nitrogens with zero attached hydrogens (tertiary/aromatic N) is 1. The summed E-state index contributed by atoms with van der Waals surface area (Å²) in [5.74, 6) is -1.75. The zero-order valence-corrected chi connectivity index (χ0v) is 20.1. The lowest BCUT2D eigenvalue weighted by molar-refractivity contribution is -0.116. The summed E-state index contributed by atoms with van der Waals surface area (Å²) in [6, 6.07) is 9.62. The van der Waals surface area contributed by atoms with E-state index in [4.69, 9.17) is 0 Å². The van der Waals surface area contributed by atoms with Gasteiger partial charge in [0.25, 0.3) is 0 Å². The summed E-state index contributed by atoms with van der Waals surface area (Å²) in [4.78, 5) is 36.3. The van der Waals surface area contributed by atoms with Crippen molar-refractivity contribution in [1.29, 1.82) is 0 Å². The van der Waals surface area contributed by atoms with Crippen molar-refractivity contribution < 1.29 is 32.3 Å². The Hall–Kier alpha value is -3.40.